The number of carbonyl (C=O) groups excluding carboxylic acids is 2. The normalized spacial score (nSPS) is 10.8. The molecular weight excluding hydrogens is 358 g/mol. The highest BCUT2D eigenvalue weighted by molar-refractivity contribution is 7.21. The number of rotatable bonds is 6. The fourth-order valence-electron chi connectivity index (χ4n) is 2.67. The lowest BCUT2D eigenvalue weighted by Crippen LogP contribution is -2.28. The van der Waals surface area contributed by atoms with Crippen molar-refractivity contribution in [2.24, 2.45) is 11.5 Å². The van der Waals surface area contributed by atoms with Gasteiger partial charge in [-0.05, 0) is 23.1 Å². The van der Waals surface area contributed by atoms with E-state index in [2.05, 4.69) is 5.32 Å². The summed E-state index contributed by atoms with van der Waals surface area (Å²) in [6, 6.07) is 7.55. The number of methoxy groups -OCH3 is 1. The Morgan fingerprint density at radius 2 is 2.00 bits per heavy atom. The van der Waals surface area contributed by atoms with E-state index >= 15 is 0 Å². The van der Waals surface area contributed by atoms with Crippen LogP contribution in [0.2, 0.25) is 0 Å². The number of nitrogens with two attached hydrogens (primary N) is 2. The highest BCUT2D eigenvalue weighted by atomic mass is 32.1. The molecule has 3 aromatic rings. The van der Waals surface area contributed by atoms with Gasteiger partial charge in [0.1, 0.15) is 4.88 Å². The molecule has 2 heterocycles. The smallest absolute Gasteiger partial charge is 0.265 e. The number of amides is 2. The number of hydrogen-bond acceptors (Lipinski definition) is 6. The zero-order valence-electron chi connectivity index (χ0n) is 13.5. The highest BCUT2D eigenvalue weighted by Gasteiger charge is 2.23. The van der Waals surface area contributed by atoms with E-state index in [1.54, 1.807) is 0 Å². The van der Waals surface area contributed by atoms with Crippen LogP contribution in [0.4, 0.5) is 0 Å². The molecule has 25 heavy (non-hydrogen) atoms. The zero-order chi connectivity index (χ0) is 18.0. The van der Waals surface area contributed by atoms with Crippen LogP contribution in [-0.2, 0) is 0 Å². The van der Waals surface area contributed by atoms with Crippen molar-refractivity contribution in [3.63, 3.8) is 0 Å². The van der Waals surface area contributed by atoms with Crippen LogP contribution < -0.4 is 21.5 Å². The first-order chi connectivity index (χ1) is 12.1. The van der Waals surface area contributed by atoms with Gasteiger partial charge in [-0.25, -0.2) is 0 Å². The quantitative estimate of drug-likeness (QED) is 0.615. The minimum absolute atomic E-state index is 0.227. The number of benzene rings is 1. The van der Waals surface area contributed by atoms with Gasteiger partial charge in [0.25, 0.3) is 11.8 Å². The Labute approximate surface area is 152 Å². The Hall–Kier alpha value is -2.42. The lowest BCUT2D eigenvalue weighted by Gasteiger charge is -2.08. The van der Waals surface area contributed by atoms with Gasteiger partial charge in [-0.3, -0.25) is 9.59 Å². The summed E-state index contributed by atoms with van der Waals surface area (Å²) in [5, 5.41) is 5.38. The number of fused-ring (bicyclic) bond motifs is 1. The lowest BCUT2D eigenvalue weighted by molar-refractivity contribution is 0.0955. The van der Waals surface area contributed by atoms with E-state index in [0.29, 0.717) is 28.6 Å². The average Bonchev–Trinajstić information content (AvgIpc) is 3.23. The number of primary amides is 1. The van der Waals surface area contributed by atoms with Gasteiger partial charge in [-0.2, -0.15) is 0 Å². The van der Waals surface area contributed by atoms with Crippen molar-refractivity contribution in [2.75, 3.05) is 20.2 Å². The number of ether oxygens (including phenoxy) is 1. The molecule has 2 aromatic heterocycles. The molecule has 3 rings (SSSR count). The first-order valence-corrected chi connectivity index (χ1v) is 9.23. The molecular formula is C17H17N3O3S2. The second-order valence-corrected chi connectivity index (χ2v) is 7.18. The monoisotopic (exact) mass is 375 g/mol. The molecule has 5 N–H and O–H groups in total. The van der Waals surface area contributed by atoms with E-state index in [4.69, 9.17) is 16.2 Å². The molecule has 1 aromatic carbocycles. The molecule has 0 fully saturated rings. The van der Waals surface area contributed by atoms with Gasteiger partial charge in [-0.1, -0.05) is 12.1 Å². The largest absolute Gasteiger partial charge is 0.494 e. The van der Waals surface area contributed by atoms with Crippen molar-refractivity contribution in [1.29, 1.82) is 0 Å². The number of hydrogen-bond donors (Lipinski definition) is 3. The molecule has 0 saturated heterocycles. The fraction of sp³-hybridized carbons (Fsp3) is 0.176. The van der Waals surface area contributed by atoms with Crippen molar-refractivity contribution in [3.05, 3.63) is 39.4 Å². The molecule has 2 amide bonds. The third-order valence-corrected chi connectivity index (χ3v) is 5.75. The van der Waals surface area contributed by atoms with Crippen molar-refractivity contribution < 1.29 is 14.3 Å². The third kappa shape index (κ3) is 3.11. The standard InChI is InChI=1S/C17H17N3O3S2/c1-23-13-12-9(10-5-8-24-14(10)16(19)21)3-2-4-11(12)25-15(13)17(22)20-7-6-18/h2-5,8H,6-7,18H2,1H3,(H2,19,21)(H,20,22). The van der Waals surface area contributed by atoms with E-state index in [0.717, 1.165) is 21.2 Å². The van der Waals surface area contributed by atoms with Crippen LogP contribution in [0, 0.1) is 0 Å². The van der Waals surface area contributed by atoms with Crippen LogP contribution in [0.1, 0.15) is 19.3 Å². The van der Waals surface area contributed by atoms with E-state index in [1.165, 1.54) is 29.8 Å². The SMILES string of the molecule is COc1c(C(=O)NCCN)sc2cccc(-c3ccsc3C(N)=O)c12. The summed E-state index contributed by atoms with van der Waals surface area (Å²) in [5.41, 5.74) is 12.5. The molecule has 6 nitrogen and oxygen atoms in total. The molecule has 0 aliphatic carbocycles. The molecule has 8 heteroatoms. The summed E-state index contributed by atoms with van der Waals surface area (Å²) in [5.74, 6) is -0.209. The molecule has 0 atom stereocenters. The maximum atomic E-state index is 12.4. The van der Waals surface area contributed by atoms with Gasteiger partial charge < -0.3 is 21.5 Å². The summed E-state index contributed by atoms with van der Waals surface area (Å²) >= 11 is 2.64. The highest BCUT2D eigenvalue weighted by Crippen LogP contribution is 2.44. The minimum atomic E-state index is -0.475. The van der Waals surface area contributed by atoms with E-state index < -0.39 is 5.91 Å². The maximum Gasteiger partial charge on any atom is 0.265 e. The predicted molar refractivity (Wildman–Crippen MR) is 102 cm³/mol. The van der Waals surface area contributed by atoms with Crippen molar-refractivity contribution >= 4 is 44.6 Å². The van der Waals surface area contributed by atoms with Crippen LogP contribution in [0.25, 0.3) is 21.2 Å². The number of carbonyl (C=O) groups is 2. The van der Waals surface area contributed by atoms with Crippen LogP contribution in [0.15, 0.2) is 29.6 Å². The topological polar surface area (TPSA) is 107 Å². The van der Waals surface area contributed by atoms with Gasteiger partial charge in [0.2, 0.25) is 0 Å². The Morgan fingerprint density at radius 3 is 2.68 bits per heavy atom. The first kappa shape index (κ1) is 17.4. The van der Waals surface area contributed by atoms with Gasteiger partial charge in [0.15, 0.2) is 5.75 Å². The van der Waals surface area contributed by atoms with Gasteiger partial charge >= 0.3 is 0 Å². The molecule has 0 saturated carbocycles. The van der Waals surface area contributed by atoms with Gasteiger partial charge in [0, 0.05) is 28.7 Å². The van der Waals surface area contributed by atoms with Crippen LogP contribution in [0.5, 0.6) is 5.75 Å². The zero-order valence-corrected chi connectivity index (χ0v) is 15.1. The molecule has 0 radical (unpaired) electrons. The summed E-state index contributed by atoms with van der Waals surface area (Å²) in [7, 11) is 1.53. The maximum absolute atomic E-state index is 12.4. The average molecular weight is 375 g/mol. The fourth-order valence-corrected chi connectivity index (χ4v) is 4.54. The van der Waals surface area contributed by atoms with E-state index in [-0.39, 0.29) is 5.91 Å². The van der Waals surface area contributed by atoms with Gasteiger partial charge in [0.05, 0.1) is 12.0 Å². The summed E-state index contributed by atoms with van der Waals surface area (Å²) < 4.78 is 6.44. The van der Waals surface area contributed by atoms with Crippen molar-refractivity contribution in [2.45, 2.75) is 0 Å². The van der Waals surface area contributed by atoms with Crippen molar-refractivity contribution in [1.82, 2.24) is 5.32 Å². The van der Waals surface area contributed by atoms with E-state index in [1.807, 2.05) is 29.6 Å². The van der Waals surface area contributed by atoms with Crippen LogP contribution in [0.3, 0.4) is 0 Å². The lowest BCUT2D eigenvalue weighted by atomic mass is 10.0. The summed E-state index contributed by atoms with van der Waals surface area (Å²) in [4.78, 5) is 25.1. The molecule has 0 aliphatic rings. The Kier molecular flexibility index (Phi) is 5.03. The molecule has 0 bridgehead atoms. The molecule has 130 valence electrons. The summed E-state index contributed by atoms with van der Waals surface area (Å²) in [6.45, 7) is 0.751. The third-order valence-electron chi connectivity index (χ3n) is 3.69. The molecule has 0 spiro atoms. The first-order valence-electron chi connectivity index (χ1n) is 7.54. The second kappa shape index (κ2) is 7.22. The minimum Gasteiger partial charge on any atom is -0.494 e. The molecule has 0 unspecified atom stereocenters. The van der Waals surface area contributed by atoms with E-state index in [9.17, 15) is 9.59 Å². The van der Waals surface area contributed by atoms with Crippen LogP contribution in [-0.4, -0.2) is 32.0 Å². The number of nitrogens with one attached hydrogen (secondary N) is 1. The van der Waals surface area contributed by atoms with Crippen molar-refractivity contribution in [3.8, 4) is 16.9 Å². The van der Waals surface area contributed by atoms with Crippen LogP contribution >= 0.6 is 22.7 Å². The Morgan fingerprint density at radius 1 is 1.20 bits per heavy atom. The Bertz CT molecular complexity index is 946. The predicted octanol–water partition coefficient (Wildman–Crippen LogP) is 2.43. The number of thiophene rings is 2. The Balaban J connectivity index is 2.21. The summed E-state index contributed by atoms with van der Waals surface area (Å²) in [6.07, 6.45) is 0. The second-order valence-electron chi connectivity index (χ2n) is 5.22. The molecule has 0 aliphatic heterocycles. The van der Waals surface area contributed by atoms with Gasteiger partial charge in [-0.15, -0.1) is 22.7 Å².